The van der Waals surface area contributed by atoms with Crippen LogP contribution in [-0.4, -0.2) is 56.1 Å². The van der Waals surface area contributed by atoms with Gasteiger partial charge in [-0.25, -0.2) is 18.1 Å². The first-order chi connectivity index (χ1) is 17.8. The lowest BCUT2D eigenvalue weighted by Gasteiger charge is -2.26. The first kappa shape index (κ1) is 31.5. The van der Waals surface area contributed by atoms with Gasteiger partial charge in [0.1, 0.15) is 16.9 Å². The minimum absolute atomic E-state index is 0.0214. The third-order valence-electron chi connectivity index (χ3n) is 6.63. The van der Waals surface area contributed by atoms with Gasteiger partial charge in [0, 0.05) is 18.1 Å². The molecule has 1 aromatic heterocycles. The summed E-state index contributed by atoms with van der Waals surface area (Å²) in [5.74, 6) is -0.0208. The average Bonchev–Trinajstić information content (AvgIpc) is 3.41. The second-order valence-electron chi connectivity index (χ2n) is 9.33. The van der Waals surface area contributed by atoms with Crippen LogP contribution in [0.25, 0.3) is 0 Å². The van der Waals surface area contributed by atoms with Crippen molar-refractivity contribution in [3.05, 3.63) is 39.3 Å². The molecule has 0 fully saturated rings. The van der Waals surface area contributed by atoms with Crippen LogP contribution < -0.4 is 26.2 Å². The standard InChI is InChI=1S/C25H40N6O5S2/c1-7-14(2)20(26)23(33)30-18(21(32)24-28-11-12-37-24)9-8-10-29-25(27)31-38(34,35)22-15(3)13-19(36-6)16(4)17(22)5/h11-14,18,20-21,32H,7-10,26H2,1-6H3,(H,30,33)(H3,27,29,31)/t14?,18-,20-,21?/m0/s1. The highest BCUT2D eigenvalue weighted by atomic mass is 32.2. The van der Waals surface area contributed by atoms with Crippen molar-refractivity contribution in [2.75, 3.05) is 13.7 Å². The number of ether oxygens (including phenoxy) is 1. The maximum atomic E-state index is 13.1. The number of sulfonamides is 1. The molecule has 0 saturated carbocycles. The van der Waals surface area contributed by atoms with E-state index in [4.69, 9.17) is 16.2 Å². The smallest absolute Gasteiger partial charge is 0.264 e. The number of aliphatic hydroxyl groups excluding tert-OH is 1. The van der Waals surface area contributed by atoms with Crippen LogP contribution in [0, 0.1) is 26.7 Å². The maximum absolute atomic E-state index is 13.1. The first-order valence-corrected chi connectivity index (χ1v) is 14.8. The van der Waals surface area contributed by atoms with E-state index in [1.54, 1.807) is 38.4 Å². The van der Waals surface area contributed by atoms with Gasteiger partial charge in [-0.15, -0.1) is 11.3 Å². The lowest BCUT2D eigenvalue weighted by Crippen LogP contribution is -2.50. The fourth-order valence-corrected chi connectivity index (χ4v) is 6.20. The van der Waals surface area contributed by atoms with E-state index in [1.807, 2.05) is 13.8 Å². The number of nitrogens with one attached hydrogen (secondary N) is 2. The van der Waals surface area contributed by atoms with Crippen molar-refractivity contribution >= 4 is 33.2 Å². The fraction of sp³-hybridized carbons (Fsp3) is 0.560. The Morgan fingerprint density at radius 2 is 1.97 bits per heavy atom. The van der Waals surface area contributed by atoms with E-state index in [1.165, 1.54) is 18.4 Å². The van der Waals surface area contributed by atoms with E-state index in [0.29, 0.717) is 40.3 Å². The summed E-state index contributed by atoms with van der Waals surface area (Å²) in [6.07, 6.45) is 2.06. The van der Waals surface area contributed by atoms with Gasteiger partial charge < -0.3 is 26.6 Å². The summed E-state index contributed by atoms with van der Waals surface area (Å²) in [5.41, 5.74) is 13.8. The molecule has 13 heteroatoms. The number of nitrogens with zero attached hydrogens (tertiary/aromatic N) is 2. The number of hydrogen-bond donors (Lipinski definition) is 5. The second kappa shape index (κ2) is 13.9. The summed E-state index contributed by atoms with van der Waals surface area (Å²) in [5, 5.41) is 15.9. The molecule has 2 unspecified atom stereocenters. The van der Waals surface area contributed by atoms with Gasteiger partial charge in [0.15, 0.2) is 0 Å². The van der Waals surface area contributed by atoms with E-state index in [9.17, 15) is 18.3 Å². The molecule has 7 N–H and O–H groups in total. The second-order valence-corrected chi connectivity index (χ2v) is 11.9. The number of guanidine groups is 1. The van der Waals surface area contributed by atoms with Crippen LogP contribution in [-0.2, 0) is 14.8 Å². The van der Waals surface area contributed by atoms with Crippen LogP contribution in [0.5, 0.6) is 5.75 Å². The van der Waals surface area contributed by atoms with Crippen LogP contribution >= 0.6 is 11.3 Å². The van der Waals surface area contributed by atoms with Crippen LogP contribution in [0.4, 0.5) is 0 Å². The highest BCUT2D eigenvalue weighted by Crippen LogP contribution is 2.30. The minimum atomic E-state index is -3.98. The van der Waals surface area contributed by atoms with Gasteiger partial charge in [0.05, 0.1) is 24.1 Å². The van der Waals surface area contributed by atoms with Crippen LogP contribution in [0.3, 0.4) is 0 Å². The molecule has 11 nitrogen and oxygen atoms in total. The van der Waals surface area contributed by atoms with Gasteiger partial charge in [0.25, 0.3) is 10.0 Å². The third-order valence-corrected chi connectivity index (χ3v) is 9.12. The maximum Gasteiger partial charge on any atom is 0.264 e. The Morgan fingerprint density at radius 3 is 2.55 bits per heavy atom. The highest BCUT2D eigenvalue weighted by Gasteiger charge is 2.28. The highest BCUT2D eigenvalue weighted by molar-refractivity contribution is 7.90. The molecule has 38 heavy (non-hydrogen) atoms. The fourth-order valence-electron chi connectivity index (χ4n) is 4.03. The molecule has 4 atom stereocenters. The largest absolute Gasteiger partial charge is 0.496 e. The van der Waals surface area contributed by atoms with Crippen molar-refractivity contribution in [1.29, 1.82) is 0 Å². The molecule has 2 rings (SSSR count). The summed E-state index contributed by atoms with van der Waals surface area (Å²) in [6, 6.07) is 0.312. The molecule has 1 heterocycles. The van der Waals surface area contributed by atoms with Crippen molar-refractivity contribution in [2.24, 2.45) is 22.4 Å². The van der Waals surface area contributed by atoms with E-state index < -0.39 is 28.2 Å². The molecule has 2 aromatic rings. The zero-order valence-corrected chi connectivity index (χ0v) is 24.4. The van der Waals surface area contributed by atoms with Crippen LogP contribution in [0.1, 0.15) is 60.9 Å². The predicted molar refractivity (Wildman–Crippen MR) is 150 cm³/mol. The van der Waals surface area contributed by atoms with Gasteiger partial charge in [-0.2, -0.15) is 0 Å². The number of carbonyl (C=O) groups excluding carboxylic acids is 1. The van der Waals surface area contributed by atoms with Crippen LogP contribution in [0.15, 0.2) is 27.5 Å². The molecular formula is C25H40N6O5S2. The molecule has 0 radical (unpaired) electrons. The van der Waals surface area contributed by atoms with E-state index in [-0.39, 0.29) is 29.2 Å². The SMILES string of the molecule is CCC(C)[C@H](N)C(=O)N[C@@H](CCCN=C(N)NS(=O)(=O)c1c(C)cc(OC)c(C)c1C)C(O)c1nccs1. The molecule has 0 aliphatic heterocycles. The van der Waals surface area contributed by atoms with Crippen molar-refractivity contribution in [3.8, 4) is 5.75 Å². The number of thiazole rings is 1. The number of carbonyl (C=O) groups is 1. The number of benzene rings is 1. The Kier molecular flexibility index (Phi) is 11.5. The number of hydrogen-bond acceptors (Lipinski definition) is 9. The van der Waals surface area contributed by atoms with Crippen molar-refractivity contribution in [2.45, 2.75) is 77.0 Å². The molecule has 1 aromatic carbocycles. The molecule has 0 saturated heterocycles. The Morgan fingerprint density at radius 1 is 1.29 bits per heavy atom. The predicted octanol–water partition coefficient (Wildman–Crippen LogP) is 2.04. The monoisotopic (exact) mass is 568 g/mol. The summed E-state index contributed by atoms with van der Waals surface area (Å²) < 4.78 is 33.8. The first-order valence-electron chi connectivity index (χ1n) is 12.4. The Hall–Kier alpha value is -2.74. The summed E-state index contributed by atoms with van der Waals surface area (Å²) in [4.78, 5) is 21.1. The number of methoxy groups -OCH3 is 1. The van der Waals surface area contributed by atoms with E-state index >= 15 is 0 Å². The summed E-state index contributed by atoms with van der Waals surface area (Å²) >= 11 is 1.28. The van der Waals surface area contributed by atoms with Gasteiger partial charge in [-0.05, 0) is 62.3 Å². The normalized spacial score (nSPS) is 15.4. The summed E-state index contributed by atoms with van der Waals surface area (Å²) in [7, 11) is -2.45. The quantitative estimate of drug-likeness (QED) is 0.138. The Labute approximate surface area is 229 Å². The number of aliphatic imine (C=N–C) groups is 1. The van der Waals surface area contributed by atoms with Gasteiger partial charge in [-0.3, -0.25) is 9.79 Å². The number of aromatic nitrogens is 1. The molecular weight excluding hydrogens is 528 g/mol. The number of amides is 1. The number of rotatable bonds is 13. The third kappa shape index (κ3) is 7.88. The van der Waals surface area contributed by atoms with E-state index in [2.05, 4.69) is 20.0 Å². The Bertz CT molecular complexity index is 1220. The van der Waals surface area contributed by atoms with E-state index in [0.717, 1.165) is 6.42 Å². The molecule has 0 bridgehead atoms. The molecule has 1 amide bonds. The number of aryl methyl sites for hydroxylation is 1. The van der Waals surface area contributed by atoms with Crippen molar-refractivity contribution in [3.63, 3.8) is 0 Å². The zero-order chi connectivity index (χ0) is 28.6. The van der Waals surface area contributed by atoms with Gasteiger partial charge >= 0.3 is 0 Å². The van der Waals surface area contributed by atoms with Gasteiger partial charge in [-0.1, -0.05) is 20.3 Å². The minimum Gasteiger partial charge on any atom is -0.496 e. The molecule has 0 spiro atoms. The topological polar surface area (TPSA) is 182 Å². The number of nitrogens with two attached hydrogens (primary N) is 2. The summed E-state index contributed by atoms with van der Waals surface area (Å²) in [6.45, 7) is 9.20. The van der Waals surface area contributed by atoms with Crippen molar-refractivity contribution in [1.82, 2.24) is 15.0 Å². The molecule has 0 aliphatic carbocycles. The van der Waals surface area contributed by atoms with Crippen LogP contribution in [0.2, 0.25) is 0 Å². The molecule has 0 aliphatic rings. The van der Waals surface area contributed by atoms with Gasteiger partial charge in [0.2, 0.25) is 11.9 Å². The molecule has 212 valence electrons. The lowest BCUT2D eigenvalue weighted by atomic mass is 9.98. The Balaban J connectivity index is 2.09. The average molecular weight is 569 g/mol. The zero-order valence-electron chi connectivity index (χ0n) is 22.8. The number of aliphatic hydroxyl groups is 1. The van der Waals surface area contributed by atoms with Crippen molar-refractivity contribution < 1.29 is 23.1 Å². The lowest BCUT2D eigenvalue weighted by molar-refractivity contribution is -0.125.